The average Bonchev–Trinajstić information content (AvgIpc) is 3.45. The minimum Gasteiger partial charge on any atom is -0.457 e. The van der Waals surface area contributed by atoms with Crippen molar-refractivity contribution in [2.45, 2.75) is 19.0 Å². The van der Waals surface area contributed by atoms with Crippen LogP contribution in [0, 0.1) is 5.92 Å². The molecule has 0 bridgehead atoms. The van der Waals surface area contributed by atoms with Gasteiger partial charge in [-0.2, -0.15) is 23.4 Å². The van der Waals surface area contributed by atoms with Gasteiger partial charge in [-0.15, -0.1) is 11.3 Å². The Morgan fingerprint density at radius 3 is 2.70 bits per heavy atom. The lowest BCUT2D eigenvalue weighted by Gasteiger charge is -2.37. The van der Waals surface area contributed by atoms with Crippen LogP contribution in [0.1, 0.15) is 28.9 Å². The number of alkyl halides is 3. The highest BCUT2D eigenvalue weighted by atomic mass is 32.1. The maximum absolute atomic E-state index is 14.8. The Hall–Kier alpha value is -4.03. The molecule has 2 N–H and O–H groups in total. The number of thiazole rings is 1. The molecule has 0 spiro atoms. The predicted molar refractivity (Wildman–Crippen MR) is 148 cm³/mol. The molecule has 2 aromatic carbocycles. The normalized spacial score (nSPS) is 15.6. The van der Waals surface area contributed by atoms with Gasteiger partial charge in [-0.3, -0.25) is 4.79 Å². The van der Waals surface area contributed by atoms with Crippen molar-refractivity contribution in [3.8, 4) is 22.1 Å². The summed E-state index contributed by atoms with van der Waals surface area (Å²) in [5, 5.41) is 15.5. The van der Waals surface area contributed by atoms with Crippen LogP contribution in [0.3, 0.4) is 0 Å². The number of carbonyl (C=O) groups is 1. The minimum atomic E-state index is -4.75. The number of carbonyl (C=O) groups excluding carboxylic acids is 1. The van der Waals surface area contributed by atoms with Gasteiger partial charge in [-0.25, -0.2) is 4.98 Å². The number of benzene rings is 2. The van der Waals surface area contributed by atoms with Crippen molar-refractivity contribution in [2.75, 3.05) is 36.9 Å². The minimum absolute atomic E-state index is 0.0444. The van der Waals surface area contributed by atoms with Crippen LogP contribution in [0.5, 0.6) is 11.5 Å². The van der Waals surface area contributed by atoms with E-state index in [0.717, 1.165) is 12.8 Å². The zero-order valence-electron chi connectivity index (χ0n) is 21.6. The summed E-state index contributed by atoms with van der Waals surface area (Å²) in [5.41, 5.74) is -0.217. The summed E-state index contributed by atoms with van der Waals surface area (Å²) >= 11 is 1.23. The predicted octanol–water partition coefficient (Wildman–Crippen LogP) is 6.10. The highest BCUT2D eigenvalue weighted by Gasteiger charge is 2.41. The molecule has 2 aromatic heterocycles. The number of anilines is 2. The summed E-state index contributed by atoms with van der Waals surface area (Å²) < 4.78 is 50.1. The van der Waals surface area contributed by atoms with E-state index in [9.17, 15) is 18.0 Å². The number of rotatable bonds is 8. The van der Waals surface area contributed by atoms with Gasteiger partial charge in [0.2, 0.25) is 0 Å². The second kappa shape index (κ2) is 12.0. The van der Waals surface area contributed by atoms with E-state index in [4.69, 9.17) is 4.74 Å². The Labute approximate surface area is 233 Å². The number of nitrogens with zero attached hydrogens (tertiary/aromatic N) is 4. The van der Waals surface area contributed by atoms with Crippen LogP contribution in [0.4, 0.5) is 24.5 Å². The van der Waals surface area contributed by atoms with Crippen molar-refractivity contribution < 1.29 is 22.7 Å². The summed E-state index contributed by atoms with van der Waals surface area (Å²) in [4.78, 5) is 19.3. The van der Waals surface area contributed by atoms with Gasteiger partial charge in [0.1, 0.15) is 27.8 Å². The topological polar surface area (TPSA) is 92.3 Å². The number of piperidine rings is 1. The van der Waals surface area contributed by atoms with Gasteiger partial charge >= 0.3 is 6.18 Å². The fourth-order valence-corrected chi connectivity index (χ4v) is 5.60. The largest absolute Gasteiger partial charge is 0.457 e. The molecule has 4 aromatic rings. The molecule has 0 saturated carbocycles. The molecular formula is C28H27F3N6O2S. The standard InChI is InChI=1S/C28H27F3N6O2S/c1-32-14-18-6-5-13-37(16-18)25-21(35-26(38)22-17-40-27(36-22)19-11-12-33-34-15-19)9-10-23(24(25)28(29,30)31)39-20-7-3-2-4-8-20/h2-4,7-12,15,17-18,32H,5-6,13-14,16H2,1H3,(H,35,38)/t18-/m0/s1. The lowest BCUT2D eigenvalue weighted by atomic mass is 9.96. The molecule has 1 aliphatic rings. The Bertz CT molecular complexity index is 1450. The van der Waals surface area contributed by atoms with E-state index < -0.39 is 17.6 Å². The Morgan fingerprint density at radius 2 is 1.98 bits per heavy atom. The lowest BCUT2D eigenvalue weighted by molar-refractivity contribution is -0.138. The molecule has 1 amide bonds. The molecule has 8 nitrogen and oxygen atoms in total. The van der Waals surface area contributed by atoms with Gasteiger partial charge in [0.05, 0.1) is 23.8 Å². The number of hydrogen-bond donors (Lipinski definition) is 2. The third kappa shape index (κ3) is 6.23. The molecule has 5 rings (SSSR count). The third-order valence-electron chi connectivity index (χ3n) is 6.54. The molecule has 1 saturated heterocycles. The quantitative estimate of drug-likeness (QED) is 0.265. The smallest absolute Gasteiger partial charge is 0.422 e. The summed E-state index contributed by atoms with van der Waals surface area (Å²) in [6.07, 6.45) is -0.0986. The van der Waals surface area contributed by atoms with Crippen LogP contribution in [-0.4, -0.2) is 47.8 Å². The van der Waals surface area contributed by atoms with E-state index in [0.29, 0.717) is 30.2 Å². The van der Waals surface area contributed by atoms with Crippen LogP contribution < -0.4 is 20.3 Å². The third-order valence-corrected chi connectivity index (χ3v) is 7.43. The number of ether oxygens (including phenoxy) is 1. The average molecular weight is 569 g/mol. The molecule has 1 aliphatic heterocycles. The zero-order valence-corrected chi connectivity index (χ0v) is 22.4. The monoisotopic (exact) mass is 568 g/mol. The fourth-order valence-electron chi connectivity index (χ4n) is 4.81. The summed E-state index contributed by atoms with van der Waals surface area (Å²) in [6, 6.07) is 12.7. The van der Waals surface area contributed by atoms with Gasteiger partial charge in [0.15, 0.2) is 0 Å². The van der Waals surface area contributed by atoms with Crippen molar-refractivity contribution in [3.63, 3.8) is 0 Å². The molecule has 40 heavy (non-hydrogen) atoms. The zero-order chi connectivity index (χ0) is 28.1. The van der Waals surface area contributed by atoms with E-state index in [1.54, 1.807) is 46.7 Å². The Kier molecular flexibility index (Phi) is 8.27. The first-order valence-corrected chi connectivity index (χ1v) is 13.6. The van der Waals surface area contributed by atoms with Gasteiger partial charge in [0.25, 0.3) is 5.91 Å². The molecule has 1 atom stereocenters. The molecule has 1 fully saturated rings. The highest BCUT2D eigenvalue weighted by Crippen LogP contribution is 2.48. The first-order chi connectivity index (χ1) is 19.3. The van der Waals surface area contributed by atoms with Gasteiger partial charge in [-0.05, 0) is 62.7 Å². The Morgan fingerprint density at radius 1 is 1.15 bits per heavy atom. The number of nitrogens with one attached hydrogen (secondary N) is 2. The molecule has 12 heteroatoms. The molecular weight excluding hydrogens is 541 g/mol. The summed E-state index contributed by atoms with van der Waals surface area (Å²) in [7, 11) is 1.82. The number of hydrogen-bond acceptors (Lipinski definition) is 8. The second-order valence-electron chi connectivity index (χ2n) is 9.38. The van der Waals surface area contributed by atoms with E-state index >= 15 is 0 Å². The summed E-state index contributed by atoms with van der Waals surface area (Å²) in [5.74, 6) is -0.511. The van der Waals surface area contributed by atoms with Gasteiger partial charge < -0.3 is 20.3 Å². The summed E-state index contributed by atoms with van der Waals surface area (Å²) in [6.45, 7) is 1.49. The molecule has 0 aliphatic carbocycles. The number of aromatic nitrogens is 3. The van der Waals surface area contributed by atoms with Crippen molar-refractivity contribution in [1.29, 1.82) is 0 Å². The van der Waals surface area contributed by atoms with E-state index in [1.165, 1.54) is 35.9 Å². The number of para-hydroxylation sites is 1. The SMILES string of the molecule is CNC[C@@H]1CCCN(c2c(NC(=O)c3csc(-c4ccnnc4)n3)ccc(Oc3ccccc3)c2C(F)(F)F)C1. The maximum Gasteiger partial charge on any atom is 0.422 e. The van der Waals surface area contributed by atoms with Crippen molar-refractivity contribution >= 4 is 28.6 Å². The lowest BCUT2D eigenvalue weighted by Crippen LogP contribution is -2.40. The van der Waals surface area contributed by atoms with E-state index in [-0.39, 0.29) is 34.5 Å². The molecule has 208 valence electrons. The molecule has 0 unspecified atom stereocenters. The fraction of sp³-hybridized carbons (Fsp3) is 0.286. The van der Waals surface area contributed by atoms with Crippen LogP contribution >= 0.6 is 11.3 Å². The van der Waals surface area contributed by atoms with Crippen LogP contribution in [0.15, 0.2) is 66.3 Å². The van der Waals surface area contributed by atoms with Crippen molar-refractivity contribution in [1.82, 2.24) is 20.5 Å². The number of halogens is 3. The van der Waals surface area contributed by atoms with E-state index in [2.05, 4.69) is 25.8 Å². The van der Waals surface area contributed by atoms with Crippen LogP contribution in [0.25, 0.3) is 10.6 Å². The van der Waals surface area contributed by atoms with Crippen LogP contribution in [-0.2, 0) is 6.18 Å². The first-order valence-electron chi connectivity index (χ1n) is 12.7. The van der Waals surface area contributed by atoms with Crippen molar-refractivity contribution in [2.24, 2.45) is 5.92 Å². The Balaban J connectivity index is 1.54. The van der Waals surface area contributed by atoms with Gasteiger partial charge in [-0.1, -0.05) is 18.2 Å². The highest BCUT2D eigenvalue weighted by molar-refractivity contribution is 7.13. The number of amides is 1. The maximum atomic E-state index is 14.8. The second-order valence-corrected chi connectivity index (χ2v) is 10.2. The van der Waals surface area contributed by atoms with E-state index in [1.807, 2.05) is 7.05 Å². The van der Waals surface area contributed by atoms with Crippen molar-refractivity contribution in [3.05, 3.63) is 77.6 Å². The van der Waals surface area contributed by atoms with Gasteiger partial charge in [0, 0.05) is 24.0 Å². The first kappa shape index (κ1) is 27.5. The van der Waals surface area contributed by atoms with Crippen LogP contribution in [0.2, 0.25) is 0 Å². The molecule has 3 heterocycles. The molecule has 0 radical (unpaired) electrons.